The van der Waals surface area contributed by atoms with E-state index in [1.807, 2.05) is 0 Å². The predicted molar refractivity (Wildman–Crippen MR) is 137 cm³/mol. The van der Waals surface area contributed by atoms with E-state index in [1.54, 1.807) is 37.3 Å². The summed E-state index contributed by atoms with van der Waals surface area (Å²) in [6.45, 7) is 1.34. The van der Waals surface area contributed by atoms with Crippen LogP contribution in [0.5, 0.6) is 11.5 Å². The lowest BCUT2D eigenvalue weighted by molar-refractivity contribution is -0.114. The number of sulfonamides is 1. The average Bonchev–Trinajstić information content (AvgIpc) is 2.87. The van der Waals surface area contributed by atoms with Crippen molar-refractivity contribution in [3.05, 3.63) is 77.3 Å². The number of benzene rings is 3. The lowest BCUT2D eigenvalue weighted by Gasteiger charge is -2.24. The molecule has 3 aromatic rings. The fourth-order valence-electron chi connectivity index (χ4n) is 3.31. The Hall–Kier alpha value is -3.76. The van der Waals surface area contributed by atoms with Gasteiger partial charge in [-0.05, 0) is 49.4 Å². The van der Waals surface area contributed by atoms with E-state index in [-0.39, 0.29) is 39.2 Å². The molecule has 0 aliphatic heterocycles. The number of methoxy groups -OCH3 is 2. The Labute approximate surface area is 214 Å². The Bertz CT molecular complexity index is 1350. The molecule has 0 heterocycles. The topological polar surface area (TPSA) is 111 Å². The van der Waals surface area contributed by atoms with Crippen LogP contribution in [0, 0.1) is 0 Å². The molecule has 0 saturated heterocycles. The van der Waals surface area contributed by atoms with Crippen molar-refractivity contribution < 1.29 is 32.2 Å². The summed E-state index contributed by atoms with van der Waals surface area (Å²) >= 11 is 6.17. The van der Waals surface area contributed by atoms with Gasteiger partial charge in [0.05, 0.1) is 42.0 Å². The number of nitrogens with one attached hydrogen (secondary N) is 1. The molecular weight excluding hydrogens is 508 g/mol. The van der Waals surface area contributed by atoms with Crippen molar-refractivity contribution in [3.63, 3.8) is 0 Å². The highest BCUT2D eigenvalue weighted by Crippen LogP contribution is 2.32. The Morgan fingerprint density at radius 3 is 2.25 bits per heavy atom. The number of hydrogen-bond donors (Lipinski definition) is 1. The van der Waals surface area contributed by atoms with Gasteiger partial charge in [-0.15, -0.1) is 0 Å². The summed E-state index contributed by atoms with van der Waals surface area (Å²) in [5.41, 5.74) is 0.728. The minimum absolute atomic E-state index is 0.0846. The number of halogens is 1. The van der Waals surface area contributed by atoms with Crippen LogP contribution in [0.4, 0.5) is 11.4 Å². The fraction of sp³-hybridized carbons (Fsp3) is 0.200. The van der Waals surface area contributed by atoms with Crippen molar-refractivity contribution in [2.24, 2.45) is 0 Å². The quantitative estimate of drug-likeness (QED) is 0.386. The Kier molecular flexibility index (Phi) is 8.78. The van der Waals surface area contributed by atoms with Gasteiger partial charge in [0.2, 0.25) is 5.91 Å². The third-order valence-electron chi connectivity index (χ3n) is 5.02. The highest BCUT2D eigenvalue weighted by molar-refractivity contribution is 7.92. The van der Waals surface area contributed by atoms with Gasteiger partial charge in [0.1, 0.15) is 6.54 Å². The molecule has 3 aromatic carbocycles. The predicted octanol–water partition coefficient (Wildman–Crippen LogP) is 4.37. The molecule has 1 N–H and O–H groups in total. The number of carbonyl (C=O) groups excluding carboxylic acids is 2. The second kappa shape index (κ2) is 11.8. The van der Waals surface area contributed by atoms with Crippen LogP contribution in [0.1, 0.15) is 17.3 Å². The number of ether oxygens (including phenoxy) is 3. The standard InChI is InChI=1S/C25H25ClN2O7S/c1-4-35-25(30)20-12-10-17(14-21(20)26)27-24(29)16-28(18-8-6-5-7-9-18)36(31,32)19-11-13-22(33-2)23(15-19)34-3/h5-15H,4,16H2,1-3H3,(H,27,29). The number of nitrogens with zero attached hydrogens (tertiary/aromatic N) is 1. The molecule has 1 amide bonds. The SMILES string of the molecule is CCOC(=O)c1ccc(NC(=O)CN(c2ccccc2)S(=O)(=O)c2ccc(OC)c(OC)c2)cc1Cl. The zero-order valence-corrected chi connectivity index (χ0v) is 21.4. The zero-order valence-electron chi connectivity index (χ0n) is 19.9. The summed E-state index contributed by atoms with van der Waals surface area (Å²) < 4.78 is 43.6. The zero-order chi connectivity index (χ0) is 26.3. The van der Waals surface area contributed by atoms with Gasteiger partial charge < -0.3 is 19.5 Å². The lowest BCUT2D eigenvalue weighted by atomic mass is 10.2. The maximum atomic E-state index is 13.6. The van der Waals surface area contributed by atoms with Gasteiger partial charge in [-0.1, -0.05) is 29.8 Å². The first-order chi connectivity index (χ1) is 17.2. The molecule has 0 aliphatic rings. The minimum atomic E-state index is -4.18. The summed E-state index contributed by atoms with van der Waals surface area (Å²) in [5, 5.41) is 2.71. The molecule has 0 atom stereocenters. The molecule has 190 valence electrons. The van der Waals surface area contributed by atoms with Crippen LogP contribution in [0.15, 0.2) is 71.6 Å². The second-order valence-electron chi connectivity index (χ2n) is 7.33. The molecular formula is C25H25ClN2O7S. The van der Waals surface area contributed by atoms with Crippen molar-refractivity contribution in [2.75, 3.05) is 37.0 Å². The largest absolute Gasteiger partial charge is 0.493 e. The van der Waals surface area contributed by atoms with Crippen LogP contribution >= 0.6 is 11.6 Å². The van der Waals surface area contributed by atoms with Crippen LogP contribution in [0.2, 0.25) is 5.02 Å². The number of carbonyl (C=O) groups is 2. The van der Waals surface area contributed by atoms with Crippen LogP contribution in [-0.2, 0) is 19.6 Å². The Morgan fingerprint density at radius 2 is 1.64 bits per heavy atom. The van der Waals surface area contributed by atoms with E-state index in [2.05, 4.69) is 5.32 Å². The molecule has 11 heteroatoms. The summed E-state index contributed by atoms with van der Waals surface area (Å²) in [5.74, 6) is -0.615. The number of hydrogen-bond acceptors (Lipinski definition) is 7. The van der Waals surface area contributed by atoms with E-state index in [4.69, 9.17) is 25.8 Å². The van der Waals surface area contributed by atoms with Crippen molar-refractivity contribution in [2.45, 2.75) is 11.8 Å². The molecule has 0 saturated carbocycles. The first kappa shape index (κ1) is 26.8. The van der Waals surface area contributed by atoms with Gasteiger partial charge in [-0.3, -0.25) is 9.10 Å². The fourth-order valence-corrected chi connectivity index (χ4v) is 5.01. The second-order valence-corrected chi connectivity index (χ2v) is 9.60. The molecule has 0 bridgehead atoms. The molecule has 36 heavy (non-hydrogen) atoms. The minimum Gasteiger partial charge on any atom is -0.493 e. The molecule has 9 nitrogen and oxygen atoms in total. The van der Waals surface area contributed by atoms with Gasteiger partial charge in [0, 0.05) is 11.8 Å². The third kappa shape index (κ3) is 6.07. The lowest BCUT2D eigenvalue weighted by Crippen LogP contribution is -2.38. The smallest absolute Gasteiger partial charge is 0.339 e. The van der Waals surface area contributed by atoms with Crippen LogP contribution in [0.25, 0.3) is 0 Å². The number of anilines is 2. The van der Waals surface area contributed by atoms with Gasteiger partial charge in [0.15, 0.2) is 11.5 Å². The number of rotatable bonds is 10. The number of amides is 1. The van der Waals surface area contributed by atoms with Crippen LogP contribution in [0.3, 0.4) is 0 Å². The van der Waals surface area contributed by atoms with E-state index in [0.29, 0.717) is 5.75 Å². The third-order valence-corrected chi connectivity index (χ3v) is 7.11. The van der Waals surface area contributed by atoms with E-state index >= 15 is 0 Å². The van der Waals surface area contributed by atoms with Gasteiger partial charge in [0.25, 0.3) is 10.0 Å². The first-order valence-corrected chi connectivity index (χ1v) is 12.6. The maximum absolute atomic E-state index is 13.6. The van der Waals surface area contributed by atoms with Crippen molar-refractivity contribution in [1.82, 2.24) is 0 Å². The van der Waals surface area contributed by atoms with E-state index < -0.39 is 28.4 Å². The summed E-state index contributed by atoms with van der Waals surface area (Å²) in [7, 11) is -1.34. The highest BCUT2D eigenvalue weighted by Gasteiger charge is 2.28. The van der Waals surface area contributed by atoms with Gasteiger partial charge in [-0.2, -0.15) is 0 Å². The van der Waals surface area contributed by atoms with Crippen molar-refractivity contribution in [3.8, 4) is 11.5 Å². The van der Waals surface area contributed by atoms with E-state index in [9.17, 15) is 18.0 Å². The first-order valence-electron chi connectivity index (χ1n) is 10.8. The molecule has 0 fully saturated rings. The molecule has 0 unspecified atom stereocenters. The normalized spacial score (nSPS) is 10.9. The van der Waals surface area contributed by atoms with E-state index in [0.717, 1.165) is 4.31 Å². The monoisotopic (exact) mass is 532 g/mol. The molecule has 3 rings (SSSR count). The van der Waals surface area contributed by atoms with Crippen LogP contribution in [-0.4, -0.2) is 47.7 Å². The molecule has 0 spiro atoms. The summed E-state index contributed by atoms with van der Waals surface area (Å²) in [6.07, 6.45) is 0. The average molecular weight is 533 g/mol. The molecule has 0 radical (unpaired) electrons. The van der Waals surface area contributed by atoms with Crippen LogP contribution < -0.4 is 19.1 Å². The van der Waals surface area contributed by atoms with Crippen molar-refractivity contribution in [1.29, 1.82) is 0 Å². The van der Waals surface area contributed by atoms with Gasteiger partial charge in [-0.25, -0.2) is 13.2 Å². The maximum Gasteiger partial charge on any atom is 0.339 e. The summed E-state index contributed by atoms with van der Waals surface area (Å²) in [6, 6.07) is 16.7. The Balaban J connectivity index is 1.90. The van der Waals surface area contributed by atoms with Crippen molar-refractivity contribution >= 4 is 44.9 Å². The summed E-state index contributed by atoms with van der Waals surface area (Å²) in [4.78, 5) is 24.8. The molecule has 0 aliphatic carbocycles. The Morgan fingerprint density at radius 1 is 0.944 bits per heavy atom. The van der Waals surface area contributed by atoms with E-state index in [1.165, 1.54) is 50.6 Å². The number of para-hydroxylation sites is 1. The highest BCUT2D eigenvalue weighted by atomic mass is 35.5. The van der Waals surface area contributed by atoms with Gasteiger partial charge >= 0.3 is 5.97 Å². The number of esters is 1. The molecule has 0 aromatic heterocycles.